The first-order chi connectivity index (χ1) is 20.7. The molecule has 2 atom stereocenters. The fourth-order valence-electron chi connectivity index (χ4n) is 5.04. The Kier molecular flexibility index (Phi) is 7.31. The summed E-state index contributed by atoms with van der Waals surface area (Å²) in [6.45, 7) is 1.41. The normalized spacial score (nSPS) is 15.9. The highest BCUT2D eigenvalue weighted by Crippen LogP contribution is 2.46. The minimum absolute atomic E-state index is 0.000804. The summed E-state index contributed by atoms with van der Waals surface area (Å²) in [6, 6.07) is 7.49. The number of carbonyl (C=O) groups excluding carboxylic acids is 1. The highest BCUT2D eigenvalue weighted by Gasteiger charge is 2.37. The van der Waals surface area contributed by atoms with Crippen molar-refractivity contribution in [1.29, 1.82) is 0 Å². The minimum Gasteiger partial charge on any atom is -0.508 e. The van der Waals surface area contributed by atoms with Gasteiger partial charge >= 0.3 is 11.9 Å². The van der Waals surface area contributed by atoms with Crippen LogP contribution in [0.3, 0.4) is 0 Å². The molecule has 8 N–H and O–H groups in total. The van der Waals surface area contributed by atoms with Crippen LogP contribution in [0, 0.1) is 6.92 Å². The third-order valence-corrected chi connectivity index (χ3v) is 7.18. The third-order valence-electron chi connectivity index (χ3n) is 7.18. The number of phenolic OH excluding ortho intramolecular Hbond substituents is 6. The molecule has 4 aromatic rings. The summed E-state index contributed by atoms with van der Waals surface area (Å²) in [5.74, 6) is -6.57. The van der Waals surface area contributed by atoms with Gasteiger partial charge in [0.2, 0.25) is 5.43 Å². The van der Waals surface area contributed by atoms with E-state index in [0.29, 0.717) is 0 Å². The fraction of sp³-hybridized carbons (Fsp3) is 0.129. The van der Waals surface area contributed by atoms with Crippen LogP contribution in [-0.2, 0) is 16.0 Å². The van der Waals surface area contributed by atoms with Gasteiger partial charge in [0.1, 0.15) is 29.1 Å². The second-order valence-electron chi connectivity index (χ2n) is 10.1. The van der Waals surface area contributed by atoms with Crippen molar-refractivity contribution in [3.05, 3.63) is 86.6 Å². The summed E-state index contributed by atoms with van der Waals surface area (Å²) >= 11 is 0. The van der Waals surface area contributed by atoms with Crippen molar-refractivity contribution < 1.29 is 59.9 Å². The van der Waals surface area contributed by atoms with Gasteiger partial charge in [-0.2, -0.15) is 0 Å². The molecule has 1 heterocycles. The highest BCUT2D eigenvalue weighted by molar-refractivity contribution is 6.02. The van der Waals surface area contributed by atoms with E-state index in [2.05, 4.69) is 0 Å². The molecule has 0 aromatic heterocycles. The van der Waals surface area contributed by atoms with Gasteiger partial charge in [-0.05, 0) is 48.2 Å². The van der Waals surface area contributed by atoms with Crippen LogP contribution in [0.2, 0.25) is 0 Å². The molecule has 0 radical (unpaired) electrons. The zero-order chi connectivity index (χ0) is 32.0. The van der Waals surface area contributed by atoms with Gasteiger partial charge in [0, 0.05) is 52.8 Å². The molecule has 0 aliphatic carbocycles. The Hall–Kier alpha value is -6.11. The van der Waals surface area contributed by atoms with Crippen LogP contribution in [0.5, 0.6) is 46.0 Å². The molecule has 0 bridgehead atoms. The second-order valence-corrected chi connectivity index (χ2v) is 10.1. The molecule has 1 aliphatic heterocycles. The van der Waals surface area contributed by atoms with E-state index < -0.39 is 52.6 Å². The Labute approximate surface area is 247 Å². The van der Waals surface area contributed by atoms with Crippen LogP contribution in [0.1, 0.15) is 38.7 Å². The molecular formula is C31H24O13. The molecule has 13 nitrogen and oxygen atoms in total. The van der Waals surface area contributed by atoms with Crippen LogP contribution in [-0.4, -0.2) is 58.9 Å². The molecule has 1 aliphatic rings. The van der Waals surface area contributed by atoms with Gasteiger partial charge < -0.3 is 50.3 Å². The highest BCUT2D eigenvalue weighted by atomic mass is 16.6. The van der Waals surface area contributed by atoms with Crippen molar-refractivity contribution in [3.8, 4) is 46.0 Å². The number of phenols is 6. The van der Waals surface area contributed by atoms with Crippen molar-refractivity contribution in [2.75, 3.05) is 0 Å². The summed E-state index contributed by atoms with van der Waals surface area (Å²) < 4.78 is 11.6. The topological polar surface area (TPSA) is 232 Å². The average molecular weight is 605 g/mol. The summed E-state index contributed by atoms with van der Waals surface area (Å²) in [5, 5.41) is 80.5. The second kappa shape index (κ2) is 10.9. The molecule has 226 valence electrons. The van der Waals surface area contributed by atoms with E-state index in [1.807, 2.05) is 0 Å². The monoisotopic (exact) mass is 604 g/mol. The number of carboxylic acids is 1. The molecule has 0 saturated heterocycles. The van der Waals surface area contributed by atoms with Gasteiger partial charge in [0.05, 0.1) is 5.56 Å². The number of aryl methyl sites for hydroxylation is 1. The largest absolute Gasteiger partial charge is 0.508 e. The van der Waals surface area contributed by atoms with Gasteiger partial charge in [0.15, 0.2) is 29.1 Å². The number of hydrogen-bond acceptors (Lipinski definition) is 12. The number of carboxylic acid groups (broad SMARTS) is 1. The summed E-state index contributed by atoms with van der Waals surface area (Å²) in [5.41, 5.74) is -1.09. The SMILES string of the molecule is Cc1c(O)cc(/C=C/C(=O)O)c2cc(C(=O)O[C@@H]3Cc4c(O)cc(O)cc4O[C@@H]3c3cc(O)c(O)c(O)c3)cc(=O)c(O)c12. The smallest absolute Gasteiger partial charge is 0.338 e. The molecule has 0 saturated carbocycles. The lowest BCUT2D eigenvalue weighted by Gasteiger charge is -2.34. The van der Waals surface area contributed by atoms with E-state index in [1.165, 1.54) is 25.1 Å². The number of carbonyl (C=O) groups is 2. The molecule has 5 rings (SSSR count). The molecule has 0 amide bonds. The van der Waals surface area contributed by atoms with Gasteiger partial charge in [-0.1, -0.05) is 0 Å². The van der Waals surface area contributed by atoms with Gasteiger partial charge in [0.25, 0.3) is 0 Å². The Morgan fingerprint density at radius 1 is 0.864 bits per heavy atom. The van der Waals surface area contributed by atoms with Gasteiger partial charge in [-0.3, -0.25) is 4.79 Å². The van der Waals surface area contributed by atoms with E-state index in [-0.39, 0.29) is 68.0 Å². The molecule has 4 aromatic carbocycles. The predicted molar refractivity (Wildman–Crippen MR) is 152 cm³/mol. The molecule has 0 fully saturated rings. The summed E-state index contributed by atoms with van der Waals surface area (Å²) in [4.78, 5) is 37.7. The van der Waals surface area contributed by atoms with E-state index >= 15 is 0 Å². The van der Waals surface area contributed by atoms with Crippen molar-refractivity contribution in [3.63, 3.8) is 0 Å². The van der Waals surface area contributed by atoms with E-state index in [0.717, 1.165) is 36.4 Å². The van der Waals surface area contributed by atoms with Gasteiger partial charge in [-0.15, -0.1) is 0 Å². The molecule has 13 heteroatoms. The standard InChI is InChI=1S/C31H24O13/c1-12-19(33)5-13(2-3-26(38)39)17-4-15(8-23(37)29(41)27(12)17)31(42)44-25-11-18-20(34)9-16(32)10-24(18)43-30(25)14-6-21(35)28(40)22(36)7-14/h2-10,25,30,32-36,40H,11H2,1H3,(H,37,41)(H,38,39)/b3-2+/t25-,30-/m1/s1. The van der Waals surface area contributed by atoms with Crippen LogP contribution < -0.4 is 10.2 Å². The zero-order valence-electron chi connectivity index (χ0n) is 22.7. The van der Waals surface area contributed by atoms with Crippen molar-refractivity contribution >= 4 is 28.8 Å². The van der Waals surface area contributed by atoms with Crippen molar-refractivity contribution in [2.45, 2.75) is 25.6 Å². The quantitative estimate of drug-likeness (QED) is 0.0928. The minimum atomic E-state index is -1.32. The predicted octanol–water partition coefficient (Wildman–Crippen LogP) is 3.45. The van der Waals surface area contributed by atoms with Crippen LogP contribution in [0.4, 0.5) is 0 Å². The maximum atomic E-state index is 13.6. The first kappa shape index (κ1) is 29.4. The van der Waals surface area contributed by atoms with E-state index in [1.54, 1.807) is 0 Å². The fourth-order valence-corrected chi connectivity index (χ4v) is 5.04. The van der Waals surface area contributed by atoms with Crippen molar-refractivity contribution in [2.24, 2.45) is 0 Å². The number of aliphatic carboxylic acids is 1. The zero-order valence-corrected chi connectivity index (χ0v) is 22.7. The Morgan fingerprint density at radius 2 is 1.55 bits per heavy atom. The van der Waals surface area contributed by atoms with E-state index in [9.17, 15) is 50.1 Å². The molecular weight excluding hydrogens is 580 g/mol. The first-order valence-corrected chi connectivity index (χ1v) is 12.9. The summed E-state index contributed by atoms with van der Waals surface area (Å²) in [6.07, 6.45) is -0.932. The van der Waals surface area contributed by atoms with Crippen molar-refractivity contribution in [1.82, 2.24) is 0 Å². The first-order valence-electron chi connectivity index (χ1n) is 12.9. The molecule has 0 spiro atoms. The number of benzene rings is 3. The van der Waals surface area contributed by atoms with E-state index in [4.69, 9.17) is 14.6 Å². The number of ether oxygens (including phenoxy) is 2. The van der Waals surface area contributed by atoms with Gasteiger partial charge in [-0.25, -0.2) is 9.59 Å². The number of rotatable bonds is 5. The Balaban J connectivity index is 1.64. The number of hydrogen-bond donors (Lipinski definition) is 8. The van der Waals surface area contributed by atoms with Crippen LogP contribution in [0.15, 0.2) is 53.3 Å². The Bertz CT molecular complexity index is 1940. The number of esters is 1. The molecule has 0 unspecified atom stereocenters. The number of fused-ring (bicyclic) bond motifs is 2. The number of aromatic hydroxyl groups is 7. The lowest BCUT2D eigenvalue weighted by Crippen LogP contribution is -2.34. The molecule has 44 heavy (non-hydrogen) atoms. The lowest BCUT2D eigenvalue weighted by atomic mass is 9.93. The average Bonchev–Trinajstić information content (AvgIpc) is 3.08. The lowest BCUT2D eigenvalue weighted by molar-refractivity contribution is -0.131. The Morgan fingerprint density at radius 3 is 2.20 bits per heavy atom. The third kappa shape index (κ3) is 5.29. The summed E-state index contributed by atoms with van der Waals surface area (Å²) in [7, 11) is 0. The maximum Gasteiger partial charge on any atom is 0.338 e. The van der Waals surface area contributed by atoms with Crippen LogP contribution in [0.25, 0.3) is 16.8 Å². The maximum absolute atomic E-state index is 13.6. The van der Waals surface area contributed by atoms with Crippen LogP contribution >= 0.6 is 0 Å².